The number of amides is 2. The molecule has 0 fully saturated rings. The van der Waals surface area contributed by atoms with E-state index in [1.165, 1.54) is 0 Å². The maximum atomic E-state index is 11.5. The first-order chi connectivity index (χ1) is 10.5. The third-order valence-corrected chi connectivity index (χ3v) is 3.05. The van der Waals surface area contributed by atoms with Gasteiger partial charge in [0.05, 0.1) is 18.2 Å². The van der Waals surface area contributed by atoms with Crippen molar-refractivity contribution in [3.05, 3.63) is 28.8 Å². The summed E-state index contributed by atoms with van der Waals surface area (Å²) in [5.41, 5.74) is 7.05. The van der Waals surface area contributed by atoms with Gasteiger partial charge >= 0.3 is 0 Å². The molecule has 2 amide bonds. The number of nitrogens with zero attached hydrogens (tertiary/aromatic N) is 1. The van der Waals surface area contributed by atoms with Crippen molar-refractivity contribution in [2.45, 2.75) is 40.0 Å². The number of ether oxygens (including phenoxy) is 1. The van der Waals surface area contributed by atoms with E-state index in [1.54, 1.807) is 19.1 Å². The molecule has 0 aliphatic rings. The average molecular weight is 303 g/mol. The van der Waals surface area contributed by atoms with Crippen molar-refractivity contribution >= 4 is 11.8 Å². The largest absolute Gasteiger partial charge is 0.493 e. The molecule has 0 saturated heterocycles. The molecule has 0 saturated carbocycles. The lowest BCUT2D eigenvalue weighted by Crippen LogP contribution is -2.41. The minimum atomic E-state index is -0.251. The lowest BCUT2D eigenvalue weighted by atomic mass is 10.1. The highest BCUT2D eigenvalue weighted by atomic mass is 16.5. The first-order valence-electron chi connectivity index (χ1n) is 7.19. The zero-order chi connectivity index (χ0) is 16.5. The molecule has 0 bridgehead atoms. The summed E-state index contributed by atoms with van der Waals surface area (Å²) in [5, 5.41) is 8.89. The van der Waals surface area contributed by atoms with Gasteiger partial charge in [0.25, 0.3) is 0 Å². The van der Waals surface area contributed by atoms with Crippen LogP contribution in [0.2, 0.25) is 0 Å². The molecule has 22 heavy (non-hydrogen) atoms. The fourth-order valence-corrected chi connectivity index (χ4v) is 1.94. The quantitative estimate of drug-likeness (QED) is 0.620. The van der Waals surface area contributed by atoms with Crippen LogP contribution in [0.15, 0.2) is 12.1 Å². The number of aryl methyl sites for hydroxylation is 2. The number of hydrogen-bond donors (Lipinski definition) is 2. The van der Waals surface area contributed by atoms with Crippen LogP contribution < -0.4 is 15.6 Å². The van der Waals surface area contributed by atoms with Gasteiger partial charge in [-0.25, -0.2) is 0 Å². The summed E-state index contributed by atoms with van der Waals surface area (Å²) >= 11 is 0. The lowest BCUT2D eigenvalue weighted by molar-refractivity contribution is -0.128. The van der Waals surface area contributed by atoms with Crippen molar-refractivity contribution < 1.29 is 14.3 Å². The predicted octanol–water partition coefficient (Wildman–Crippen LogP) is 1.89. The standard InChI is InChI=1S/C16H21N3O3/c1-4-14(20)18-19-15(21)6-5-7-22-16-11(2)8-13(10-17)9-12(16)3/h8-9H,4-7H2,1-3H3,(H,18,20)(H,19,21). The van der Waals surface area contributed by atoms with Gasteiger partial charge in [-0.15, -0.1) is 0 Å². The Bertz CT molecular complexity index is 568. The van der Waals surface area contributed by atoms with Gasteiger partial charge in [-0.3, -0.25) is 20.4 Å². The van der Waals surface area contributed by atoms with Crippen molar-refractivity contribution in [2.24, 2.45) is 0 Å². The van der Waals surface area contributed by atoms with E-state index in [2.05, 4.69) is 16.9 Å². The van der Waals surface area contributed by atoms with Crippen molar-refractivity contribution in [1.82, 2.24) is 10.9 Å². The van der Waals surface area contributed by atoms with Crippen LogP contribution in [0.25, 0.3) is 0 Å². The second-order valence-corrected chi connectivity index (χ2v) is 4.95. The number of hydrogen-bond acceptors (Lipinski definition) is 4. The summed E-state index contributed by atoms with van der Waals surface area (Å²) in [6.45, 7) is 5.87. The molecule has 6 heteroatoms. The van der Waals surface area contributed by atoms with E-state index in [4.69, 9.17) is 10.00 Å². The molecule has 1 rings (SSSR count). The summed E-state index contributed by atoms with van der Waals surface area (Å²) in [6, 6.07) is 5.65. The molecule has 1 aromatic rings. The molecule has 0 spiro atoms. The van der Waals surface area contributed by atoms with E-state index >= 15 is 0 Å². The van der Waals surface area contributed by atoms with Crippen LogP contribution >= 0.6 is 0 Å². The number of carbonyl (C=O) groups excluding carboxylic acids is 2. The monoisotopic (exact) mass is 303 g/mol. The Morgan fingerprint density at radius 2 is 1.77 bits per heavy atom. The van der Waals surface area contributed by atoms with Gasteiger partial charge in [-0.2, -0.15) is 5.26 Å². The molecular formula is C16H21N3O3. The first-order valence-corrected chi connectivity index (χ1v) is 7.19. The molecule has 6 nitrogen and oxygen atoms in total. The summed E-state index contributed by atoms with van der Waals surface area (Å²) in [6.07, 6.45) is 1.12. The molecule has 0 aromatic heterocycles. The van der Waals surface area contributed by atoms with E-state index in [1.807, 2.05) is 13.8 Å². The van der Waals surface area contributed by atoms with Gasteiger partial charge in [0, 0.05) is 12.8 Å². The summed E-state index contributed by atoms with van der Waals surface area (Å²) in [5.74, 6) is 0.269. The molecule has 0 unspecified atom stereocenters. The van der Waals surface area contributed by atoms with Crippen LogP contribution in [0.4, 0.5) is 0 Å². The van der Waals surface area contributed by atoms with Crippen LogP contribution in [-0.4, -0.2) is 18.4 Å². The number of hydrazine groups is 1. The van der Waals surface area contributed by atoms with Crippen LogP contribution in [0.5, 0.6) is 5.75 Å². The van der Waals surface area contributed by atoms with Crippen LogP contribution in [0, 0.1) is 25.2 Å². The van der Waals surface area contributed by atoms with E-state index in [-0.39, 0.29) is 18.2 Å². The van der Waals surface area contributed by atoms with E-state index < -0.39 is 0 Å². The first kappa shape index (κ1) is 17.5. The molecule has 0 aliphatic heterocycles. The van der Waals surface area contributed by atoms with Crippen molar-refractivity contribution in [1.29, 1.82) is 5.26 Å². The molecule has 0 atom stereocenters. The predicted molar refractivity (Wildman–Crippen MR) is 81.9 cm³/mol. The van der Waals surface area contributed by atoms with Gasteiger partial charge in [0.2, 0.25) is 11.8 Å². The normalized spacial score (nSPS) is 9.73. The topological polar surface area (TPSA) is 91.2 Å². The Labute approximate surface area is 130 Å². The molecule has 1 aromatic carbocycles. The molecule has 2 N–H and O–H groups in total. The van der Waals surface area contributed by atoms with E-state index in [9.17, 15) is 9.59 Å². The second-order valence-electron chi connectivity index (χ2n) is 4.95. The zero-order valence-corrected chi connectivity index (χ0v) is 13.2. The Kier molecular flexibility index (Phi) is 6.90. The van der Waals surface area contributed by atoms with Gasteiger partial charge in [0.15, 0.2) is 0 Å². The van der Waals surface area contributed by atoms with E-state index in [0.717, 1.165) is 16.9 Å². The number of rotatable bonds is 6. The highest BCUT2D eigenvalue weighted by Gasteiger charge is 2.07. The molecule has 0 radical (unpaired) electrons. The minimum Gasteiger partial charge on any atom is -0.493 e. The van der Waals surface area contributed by atoms with Crippen molar-refractivity contribution in [3.8, 4) is 11.8 Å². The summed E-state index contributed by atoms with van der Waals surface area (Å²) < 4.78 is 5.69. The number of benzene rings is 1. The van der Waals surface area contributed by atoms with Crippen molar-refractivity contribution in [3.63, 3.8) is 0 Å². The molecular weight excluding hydrogens is 282 g/mol. The van der Waals surface area contributed by atoms with Crippen LogP contribution in [-0.2, 0) is 9.59 Å². The average Bonchev–Trinajstić information content (AvgIpc) is 2.50. The fraction of sp³-hybridized carbons (Fsp3) is 0.438. The highest BCUT2D eigenvalue weighted by molar-refractivity contribution is 5.81. The summed E-state index contributed by atoms with van der Waals surface area (Å²) in [7, 11) is 0. The maximum Gasteiger partial charge on any atom is 0.238 e. The number of nitrogens with one attached hydrogen (secondary N) is 2. The molecule has 0 heterocycles. The summed E-state index contributed by atoms with van der Waals surface area (Å²) in [4.78, 5) is 22.5. The Morgan fingerprint density at radius 1 is 1.18 bits per heavy atom. The Hall–Kier alpha value is -2.55. The minimum absolute atomic E-state index is 0.228. The van der Waals surface area contributed by atoms with Crippen LogP contribution in [0.1, 0.15) is 42.9 Å². The van der Waals surface area contributed by atoms with Gasteiger partial charge in [-0.05, 0) is 43.5 Å². The smallest absolute Gasteiger partial charge is 0.238 e. The highest BCUT2D eigenvalue weighted by Crippen LogP contribution is 2.24. The second kappa shape index (κ2) is 8.67. The maximum absolute atomic E-state index is 11.5. The zero-order valence-electron chi connectivity index (χ0n) is 13.2. The van der Waals surface area contributed by atoms with Crippen molar-refractivity contribution in [2.75, 3.05) is 6.61 Å². The Balaban J connectivity index is 2.38. The van der Waals surface area contributed by atoms with Crippen LogP contribution in [0.3, 0.4) is 0 Å². The molecule has 0 aliphatic carbocycles. The Morgan fingerprint density at radius 3 is 2.32 bits per heavy atom. The third-order valence-electron chi connectivity index (χ3n) is 3.05. The molecule has 118 valence electrons. The van der Waals surface area contributed by atoms with Gasteiger partial charge in [0.1, 0.15) is 5.75 Å². The van der Waals surface area contributed by atoms with Gasteiger partial charge in [-0.1, -0.05) is 6.92 Å². The SMILES string of the molecule is CCC(=O)NNC(=O)CCCOc1c(C)cc(C#N)cc1C. The number of carbonyl (C=O) groups is 2. The third kappa shape index (κ3) is 5.44. The van der Waals surface area contributed by atoms with Gasteiger partial charge < -0.3 is 4.74 Å². The van der Waals surface area contributed by atoms with E-state index in [0.29, 0.717) is 25.0 Å². The lowest BCUT2D eigenvalue weighted by Gasteiger charge is -2.12. The number of nitriles is 1. The fourth-order valence-electron chi connectivity index (χ4n) is 1.94.